The highest BCUT2D eigenvalue weighted by Crippen LogP contribution is 2.30. The molecule has 0 aliphatic carbocycles. The van der Waals surface area contributed by atoms with Crippen molar-refractivity contribution in [1.82, 2.24) is 4.98 Å². The first kappa shape index (κ1) is 15.5. The van der Waals surface area contributed by atoms with E-state index >= 15 is 0 Å². The lowest BCUT2D eigenvalue weighted by molar-refractivity contribution is 0.304. The fourth-order valence-corrected chi connectivity index (χ4v) is 2.87. The third kappa shape index (κ3) is 3.26. The number of nitrogen functional groups attached to an aromatic ring is 1. The molecule has 4 heteroatoms. The lowest BCUT2D eigenvalue weighted by Gasteiger charge is -2.26. The lowest BCUT2D eigenvalue weighted by atomic mass is 9.85. The molecule has 3 nitrogen and oxygen atoms in total. The van der Waals surface area contributed by atoms with Gasteiger partial charge in [-0.25, -0.2) is 4.39 Å². The molecule has 0 radical (unpaired) electrons. The van der Waals surface area contributed by atoms with Crippen LogP contribution in [0.2, 0.25) is 0 Å². The van der Waals surface area contributed by atoms with E-state index in [0.717, 1.165) is 11.9 Å². The standard InChI is InChI=1S/C17H24FN3/c1-10(2)13(11(3)4)9-21-17-14(18)8-15(19)12-6-5-7-20-16(12)17/h5-8,10-11,13,21H,9,19H2,1-4H3. The number of nitrogens with zero attached hydrogens (tertiary/aromatic N) is 1. The van der Waals surface area contributed by atoms with Crippen LogP contribution in [0, 0.1) is 23.6 Å². The summed E-state index contributed by atoms with van der Waals surface area (Å²) in [5.74, 6) is 1.20. The van der Waals surface area contributed by atoms with Crippen molar-refractivity contribution in [2.45, 2.75) is 27.7 Å². The fraction of sp³-hybridized carbons (Fsp3) is 0.471. The van der Waals surface area contributed by atoms with Gasteiger partial charge in [-0.15, -0.1) is 0 Å². The van der Waals surface area contributed by atoms with Gasteiger partial charge < -0.3 is 11.1 Å². The number of aromatic nitrogens is 1. The Morgan fingerprint density at radius 3 is 2.52 bits per heavy atom. The second-order valence-corrected chi connectivity index (χ2v) is 6.25. The van der Waals surface area contributed by atoms with Crippen molar-refractivity contribution in [2.24, 2.45) is 17.8 Å². The molecule has 0 fully saturated rings. The summed E-state index contributed by atoms with van der Waals surface area (Å²) in [7, 11) is 0. The number of anilines is 2. The van der Waals surface area contributed by atoms with Gasteiger partial charge in [0.1, 0.15) is 0 Å². The maximum Gasteiger partial charge on any atom is 0.150 e. The first-order chi connectivity index (χ1) is 9.91. The zero-order chi connectivity index (χ0) is 15.6. The summed E-state index contributed by atoms with van der Waals surface area (Å²) in [4.78, 5) is 4.29. The molecule has 2 rings (SSSR count). The molecule has 1 aromatic carbocycles. The van der Waals surface area contributed by atoms with Crippen molar-refractivity contribution in [3.63, 3.8) is 0 Å². The van der Waals surface area contributed by atoms with Gasteiger partial charge in [-0.2, -0.15) is 0 Å². The summed E-state index contributed by atoms with van der Waals surface area (Å²) >= 11 is 0. The monoisotopic (exact) mass is 289 g/mol. The second-order valence-electron chi connectivity index (χ2n) is 6.25. The molecule has 0 spiro atoms. The molecule has 2 aromatic rings. The Labute approximate surface area is 125 Å². The molecular weight excluding hydrogens is 265 g/mol. The van der Waals surface area contributed by atoms with Crippen LogP contribution < -0.4 is 11.1 Å². The van der Waals surface area contributed by atoms with Crippen molar-refractivity contribution < 1.29 is 4.39 Å². The molecule has 0 aliphatic rings. The molecule has 1 heterocycles. The Morgan fingerprint density at radius 2 is 1.90 bits per heavy atom. The number of nitrogens with two attached hydrogens (primary N) is 1. The van der Waals surface area contributed by atoms with E-state index < -0.39 is 0 Å². The molecule has 0 amide bonds. The van der Waals surface area contributed by atoms with Crippen LogP contribution >= 0.6 is 0 Å². The van der Waals surface area contributed by atoms with Crippen molar-refractivity contribution in [3.05, 3.63) is 30.2 Å². The van der Waals surface area contributed by atoms with Gasteiger partial charge in [0.25, 0.3) is 0 Å². The summed E-state index contributed by atoms with van der Waals surface area (Å²) in [5, 5.41) is 4.04. The third-order valence-corrected chi connectivity index (χ3v) is 4.10. The van der Waals surface area contributed by atoms with Crippen molar-refractivity contribution in [3.8, 4) is 0 Å². The van der Waals surface area contributed by atoms with E-state index in [4.69, 9.17) is 5.73 Å². The smallest absolute Gasteiger partial charge is 0.150 e. The lowest BCUT2D eigenvalue weighted by Crippen LogP contribution is -2.25. The quantitative estimate of drug-likeness (QED) is 0.807. The van der Waals surface area contributed by atoms with Crippen molar-refractivity contribution >= 4 is 22.3 Å². The van der Waals surface area contributed by atoms with Gasteiger partial charge in [0.15, 0.2) is 5.82 Å². The van der Waals surface area contributed by atoms with Crippen LogP contribution in [0.5, 0.6) is 0 Å². The van der Waals surface area contributed by atoms with Gasteiger partial charge in [-0.05, 0) is 36.0 Å². The van der Waals surface area contributed by atoms with E-state index in [2.05, 4.69) is 38.0 Å². The summed E-state index contributed by atoms with van der Waals surface area (Å²) in [5.41, 5.74) is 7.34. The Balaban J connectivity index is 2.34. The van der Waals surface area contributed by atoms with Crippen molar-refractivity contribution in [2.75, 3.05) is 17.6 Å². The van der Waals surface area contributed by atoms with E-state index in [9.17, 15) is 4.39 Å². The van der Waals surface area contributed by atoms with Gasteiger partial charge in [0.2, 0.25) is 0 Å². The predicted molar refractivity (Wildman–Crippen MR) is 87.8 cm³/mol. The minimum atomic E-state index is -0.343. The van der Waals surface area contributed by atoms with E-state index in [-0.39, 0.29) is 5.82 Å². The molecular formula is C17H24FN3. The zero-order valence-electron chi connectivity index (χ0n) is 13.2. The number of halogens is 1. The normalized spacial score (nSPS) is 11.8. The summed E-state index contributed by atoms with van der Waals surface area (Å²) in [6.07, 6.45) is 1.66. The average Bonchev–Trinajstić information content (AvgIpc) is 2.41. The van der Waals surface area contributed by atoms with E-state index in [0.29, 0.717) is 34.6 Å². The van der Waals surface area contributed by atoms with Crippen LogP contribution in [-0.2, 0) is 0 Å². The molecule has 114 valence electrons. The van der Waals surface area contributed by atoms with Crippen molar-refractivity contribution in [1.29, 1.82) is 0 Å². The van der Waals surface area contributed by atoms with Gasteiger partial charge in [0.05, 0.1) is 11.2 Å². The highest BCUT2D eigenvalue weighted by molar-refractivity contribution is 5.98. The van der Waals surface area contributed by atoms with Crippen LogP contribution in [0.1, 0.15) is 27.7 Å². The molecule has 0 saturated carbocycles. The highest BCUT2D eigenvalue weighted by atomic mass is 19.1. The first-order valence-electron chi connectivity index (χ1n) is 7.48. The molecule has 21 heavy (non-hydrogen) atoms. The molecule has 0 aliphatic heterocycles. The molecule has 0 bridgehead atoms. The molecule has 1 aromatic heterocycles. The summed E-state index contributed by atoms with van der Waals surface area (Å²) < 4.78 is 14.3. The number of benzene rings is 1. The van der Waals surface area contributed by atoms with Gasteiger partial charge in [-0.3, -0.25) is 4.98 Å². The maximum absolute atomic E-state index is 14.3. The summed E-state index contributed by atoms with van der Waals surface area (Å²) in [6.45, 7) is 9.51. The number of rotatable bonds is 5. The topological polar surface area (TPSA) is 50.9 Å². The molecule has 0 saturated heterocycles. The third-order valence-electron chi connectivity index (χ3n) is 4.10. The minimum Gasteiger partial charge on any atom is -0.398 e. The number of hydrogen-bond donors (Lipinski definition) is 2. The highest BCUT2D eigenvalue weighted by Gasteiger charge is 2.19. The van der Waals surface area contributed by atoms with Gasteiger partial charge >= 0.3 is 0 Å². The number of hydrogen-bond acceptors (Lipinski definition) is 3. The zero-order valence-corrected chi connectivity index (χ0v) is 13.2. The second kappa shape index (κ2) is 6.29. The van der Waals surface area contributed by atoms with E-state index in [1.165, 1.54) is 6.07 Å². The first-order valence-corrected chi connectivity index (χ1v) is 7.48. The Hall–Kier alpha value is -1.84. The maximum atomic E-state index is 14.3. The predicted octanol–water partition coefficient (Wildman–Crippen LogP) is 4.30. The van der Waals surface area contributed by atoms with E-state index in [1.54, 1.807) is 6.20 Å². The number of nitrogens with one attached hydrogen (secondary N) is 1. The van der Waals surface area contributed by atoms with Crippen LogP contribution in [-0.4, -0.2) is 11.5 Å². The number of fused-ring (bicyclic) bond motifs is 1. The Morgan fingerprint density at radius 1 is 1.24 bits per heavy atom. The fourth-order valence-electron chi connectivity index (χ4n) is 2.87. The van der Waals surface area contributed by atoms with E-state index in [1.807, 2.05) is 12.1 Å². The summed E-state index contributed by atoms with van der Waals surface area (Å²) in [6, 6.07) is 5.04. The van der Waals surface area contributed by atoms with Crippen LogP contribution in [0.4, 0.5) is 15.8 Å². The Kier molecular flexibility index (Phi) is 4.66. The SMILES string of the molecule is CC(C)C(CNc1c(F)cc(N)c2cccnc12)C(C)C. The largest absolute Gasteiger partial charge is 0.398 e. The van der Waals surface area contributed by atoms with Gasteiger partial charge in [-0.1, -0.05) is 27.7 Å². The molecule has 0 unspecified atom stereocenters. The van der Waals surface area contributed by atoms with Crippen LogP contribution in [0.25, 0.3) is 10.9 Å². The van der Waals surface area contributed by atoms with Gasteiger partial charge in [0, 0.05) is 23.8 Å². The van der Waals surface area contributed by atoms with Crippen LogP contribution in [0.3, 0.4) is 0 Å². The molecule has 0 atom stereocenters. The Bertz CT molecular complexity index is 615. The molecule has 3 N–H and O–H groups in total. The number of pyridine rings is 1. The van der Waals surface area contributed by atoms with Crippen LogP contribution in [0.15, 0.2) is 24.4 Å². The average molecular weight is 289 g/mol. The minimum absolute atomic E-state index is 0.343.